The zero-order valence-corrected chi connectivity index (χ0v) is 18.1. The highest BCUT2D eigenvalue weighted by Crippen LogP contribution is 2.31. The van der Waals surface area contributed by atoms with Crippen LogP contribution < -0.4 is 24.8 Å². The summed E-state index contributed by atoms with van der Waals surface area (Å²) < 4.78 is 35.6. The van der Waals surface area contributed by atoms with Crippen molar-refractivity contribution >= 4 is 49.5 Å². The molecule has 0 atom stereocenters. The van der Waals surface area contributed by atoms with Crippen LogP contribution in [0, 0.1) is 0 Å². The summed E-state index contributed by atoms with van der Waals surface area (Å²) in [5, 5.41) is 7.97. The minimum atomic E-state index is -3.41. The highest BCUT2D eigenvalue weighted by molar-refractivity contribution is 7.92. The molecule has 30 heavy (non-hydrogen) atoms. The highest BCUT2D eigenvalue weighted by atomic mass is 32.2. The summed E-state index contributed by atoms with van der Waals surface area (Å²) in [5.41, 5.74) is 1.75. The molecule has 2 aromatic carbocycles. The maximum absolute atomic E-state index is 12.5. The van der Waals surface area contributed by atoms with Crippen molar-refractivity contribution in [3.8, 4) is 11.5 Å². The molecule has 0 spiro atoms. The van der Waals surface area contributed by atoms with Gasteiger partial charge in [0.2, 0.25) is 10.0 Å². The lowest BCUT2D eigenvalue weighted by Crippen LogP contribution is -2.13. The molecule has 0 bridgehead atoms. The first-order valence-corrected chi connectivity index (χ1v) is 11.4. The summed E-state index contributed by atoms with van der Waals surface area (Å²) in [6, 6.07) is 11.7. The van der Waals surface area contributed by atoms with Gasteiger partial charge in [0.05, 0.1) is 26.2 Å². The van der Waals surface area contributed by atoms with Crippen molar-refractivity contribution in [2.75, 3.05) is 35.8 Å². The summed E-state index contributed by atoms with van der Waals surface area (Å²) in [6.45, 7) is 0. The number of carbonyl (C=O) groups is 1. The molecule has 3 aromatic rings. The van der Waals surface area contributed by atoms with E-state index in [1.54, 1.807) is 49.9 Å². The van der Waals surface area contributed by atoms with Gasteiger partial charge in [0, 0.05) is 22.8 Å². The molecule has 1 aromatic heterocycles. The second-order valence-corrected chi connectivity index (χ2v) is 8.75. The summed E-state index contributed by atoms with van der Waals surface area (Å²) in [5.74, 6) is 0.762. The number of rotatable bonds is 8. The van der Waals surface area contributed by atoms with E-state index in [-0.39, 0.29) is 5.69 Å². The molecule has 0 fully saturated rings. The number of hydrogen-bond donors (Lipinski definition) is 3. The molecule has 9 nitrogen and oxygen atoms in total. The third-order valence-electron chi connectivity index (χ3n) is 3.80. The fraction of sp³-hybridized carbons (Fsp3) is 0.158. The van der Waals surface area contributed by atoms with E-state index >= 15 is 0 Å². The van der Waals surface area contributed by atoms with Gasteiger partial charge < -0.3 is 20.1 Å². The van der Waals surface area contributed by atoms with Crippen molar-refractivity contribution in [2.24, 2.45) is 0 Å². The summed E-state index contributed by atoms with van der Waals surface area (Å²) in [7, 11) is -0.300. The first kappa shape index (κ1) is 21.4. The molecule has 3 N–H and O–H groups in total. The monoisotopic (exact) mass is 448 g/mol. The highest BCUT2D eigenvalue weighted by Gasteiger charge is 2.13. The van der Waals surface area contributed by atoms with Gasteiger partial charge in [-0.2, -0.15) is 0 Å². The quantitative estimate of drug-likeness (QED) is 0.482. The SMILES string of the molecule is COc1ccc(Nc2nc(C(=O)Nc3cccc(NS(C)(=O)=O)c3)cs2)cc1OC. The Labute approximate surface area is 178 Å². The van der Waals surface area contributed by atoms with Crippen LogP contribution in [0.25, 0.3) is 0 Å². The van der Waals surface area contributed by atoms with E-state index in [0.717, 1.165) is 11.9 Å². The molecule has 158 valence electrons. The van der Waals surface area contributed by atoms with Crippen molar-refractivity contribution in [1.29, 1.82) is 0 Å². The number of aromatic nitrogens is 1. The van der Waals surface area contributed by atoms with E-state index in [1.165, 1.54) is 17.4 Å². The smallest absolute Gasteiger partial charge is 0.275 e. The Balaban J connectivity index is 1.69. The minimum absolute atomic E-state index is 0.226. The second kappa shape index (κ2) is 9.01. The van der Waals surface area contributed by atoms with Crippen LogP contribution in [0.4, 0.5) is 22.2 Å². The number of benzene rings is 2. The molecule has 11 heteroatoms. The van der Waals surface area contributed by atoms with E-state index in [2.05, 4.69) is 20.3 Å². The molecule has 0 unspecified atom stereocenters. The molecule has 0 saturated heterocycles. The standard InChI is InChI=1S/C19H20N4O5S2/c1-27-16-8-7-13(10-17(16)28-2)21-19-22-15(11-29-19)18(24)20-12-5-4-6-14(9-12)23-30(3,25)26/h4-11,23H,1-3H3,(H,20,24)(H,21,22). The zero-order valence-electron chi connectivity index (χ0n) is 16.4. The van der Waals surface area contributed by atoms with Gasteiger partial charge in [-0.15, -0.1) is 11.3 Å². The van der Waals surface area contributed by atoms with Gasteiger partial charge in [-0.25, -0.2) is 13.4 Å². The van der Waals surface area contributed by atoms with E-state index < -0.39 is 15.9 Å². The lowest BCUT2D eigenvalue weighted by Gasteiger charge is -2.09. The zero-order chi connectivity index (χ0) is 21.7. The van der Waals surface area contributed by atoms with Gasteiger partial charge in [-0.1, -0.05) is 6.07 Å². The van der Waals surface area contributed by atoms with Crippen molar-refractivity contribution in [1.82, 2.24) is 4.98 Å². The predicted molar refractivity (Wildman–Crippen MR) is 118 cm³/mol. The van der Waals surface area contributed by atoms with Crippen LogP contribution in [0.5, 0.6) is 11.5 Å². The van der Waals surface area contributed by atoms with Gasteiger partial charge in [0.15, 0.2) is 16.6 Å². The number of ether oxygens (including phenoxy) is 2. The number of methoxy groups -OCH3 is 2. The number of nitrogens with one attached hydrogen (secondary N) is 3. The molecule has 0 aliphatic rings. The minimum Gasteiger partial charge on any atom is -0.493 e. The Morgan fingerprint density at radius 3 is 2.43 bits per heavy atom. The van der Waals surface area contributed by atoms with Gasteiger partial charge in [0.1, 0.15) is 5.69 Å². The fourth-order valence-electron chi connectivity index (χ4n) is 2.54. The molecule has 0 aliphatic carbocycles. The molecule has 1 heterocycles. The molecule has 3 rings (SSSR count). The van der Waals surface area contributed by atoms with E-state index in [9.17, 15) is 13.2 Å². The van der Waals surface area contributed by atoms with Crippen LogP contribution in [0.15, 0.2) is 47.8 Å². The Morgan fingerprint density at radius 2 is 1.73 bits per heavy atom. The maximum Gasteiger partial charge on any atom is 0.275 e. The lowest BCUT2D eigenvalue weighted by molar-refractivity contribution is 0.102. The number of carbonyl (C=O) groups excluding carboxylic acids is 1. The summed E-state index contributed by atoms with van der Waals surface area (Å²) in [4.78, 5) is 16.8. The van der Waals surface area contributed by atoms with Crippen LogP contribution >= 0.6 is 11.3 Å². The van der Waals surface area contributed by atoms with Crippen molar-refractivity contribution in [3.63, 3.8) is 0 Å². The van der Waals surface area contributed by atoms with Crippen molar-refractivity contribution < 1.29 is 22.7 Å². The van der Waals surface area contributed by atoms with Gasteiger partial charge >= 0.3 is 0 Å². The van der Waals surface area contributed by atoms with Crippen molar-refractivity contribution in [2.45, 2.75) is 0 Å². The van der Waals surface area contributed by atoms with Crippen LogP contribution in [0.1, 0.15) is 10.5 Å². The van der Waals surface area contributed by atoms with E-state index in [4.69, 9.17) is 9.47 Å². The predicted octanol–water partition coefficient (Wildman–Crippen LogP) is 3.53. The molecule has 0 aliphatic heterocycles. The summed E-state index contributed by atoms with van der Waals surface area (Å²) in [6.07, 6.45) is 1.06. The van der Waals surface area contributed by atoms with Gasteiger partial charge in [0.25, 0.3) is 5.91 Å². The van der Waals surface area contributed by atoms with E-state index in [1.807, 2.05) is 6.07 Å². The average Bonchev–Trinajstić information content (AvgIpc) is 3.15. The molecule has 0 saturated carbocycles. The third-order valence-corrected chi connectivity index (χ3v) is 5.16. The second-order valence-electron chi connectivity index (χ2n) is 6.14. The Morgan fingerprint density at radius 1 is 1.00 bits per heavy atom. The third kappa shape index (κ3) is 5.61. The summed E-state index contributed by atoms with van der Waals surface area (Å²) >= 11 is 1.27. The largest absolute Gasteiger partial charge is 0.493 e. The first-order valence-electron chi connectivity index (χ1n) is 8.61. The number of nitrogens with zero attached hydrogens (tertiary/aromatic N) is 1. The molecular weight excluding hydrogens is 428 g/mol. The van der Waals surface area contributed by atoms with Crippen LogP contribution in [-0.4, -0.2) is 39.8 Å². The van der Waals surface area contributed by atoms with Gasteiger partial charge in [-0.3, -0.25) is 9.52 Å². The number of amides is 1. The van der Waals surface area contributed by atoms with E-state index in [0.29, 0.717) is 28.0 Å². The van der Waals surface area contributed by atoms with Crippen LogP contribution in [-0.2, 0) is 10.0 Å². The normalized spacial score (nSPS) is 10.9. The number of anilines is 4. The average molecular weight is 449 g/mol. The molecule has 0 radical (unpaired) electrons. The Bertz CT molecular complexity index is 1160. The lowest BCUT2D eigenvalue weighted by atomic mass is 10.3. The van der Waals surface area contributed by atoms with Gasteiger partial charge in [-0.05, 0) is 30.3 Å². The molecular formula is C19H20N4O5S2. The first-order chi connectivity index (χ1) is 14.3. The fourth-order valence-corrected chi connectivity index (χ4v) is 3.81. The van der Waals surface area contributed by atoms with Crippen LogP contribution in [0.2, 0.25) is 0 Å². The van der Waals surface area contributed by atoms with Crippen LogP contribution in [0.3, 0.4) is 0 Å². The number of hydrogen-bond acceptors (Lipinski definition) is 8. The number of sulfonamides is 1. The Hall–Kier alpha value is -3.31. The number of thiazole rings is 1. The topological polar surface area (TPSA) is 119 Å². The molecule has 1 amide bonds. The maximum atomic E-state index is 12.5. The van der Waals surface area contributed by atoms with Crippen molar-refractivity contribution in [3.05, 3.63) is 53.5 Å². The Kier molecular flexibility index (Phi) is 6.43.